The number of halogens is 3. The molecule has 3 aromatic rings. The summed E-state index contributed by atoms with van der Waals surface area (Å²) in [6.45, 7) is 3.21. The van der Waals surface area contributed by atoms with Crippen LogP contribution in [0.5, 0.6) is 17.2 Å². The molecule has 192 valence electrons. The van der Waals surface area contributed by atoms with Crippen LogP contribution in [0.2, 0.25) is 0 Å². The third-order valence-electron chi connectivity index (χ3n) is 6.37. The number of aliphatic imine (C=N–C) groups is 1. The predicted octanol–water partition coefficient (Wildman–Crippen LogP) is 6.14. The minimum atomic E-state index is -4.48. The molecule has 2 aliphatic heterocycles. The average Bonchev–Trinajstić information content (AvgIpc) is 3.04. The number of nitrogens with zero attached hydrogens (tertiary/aromatic N) is 3. The molecule has 1 atom stereocenters. The van der Waals surface area contributed by atoms with E-state index in [9.17, 15) is 18.0 Å². The molecule has 2 heterocycles. The number of anilines is 1. The van der Waals surface area contributed by atoms with Crippen LogP contribution in [0, 0.1) is 0 Å². The number of carbonyl (C=O) groups is 1. The highest BCUT2D eigenvalue weighted by Crippen LogP contribution is 2.39. The summed E-state index contributed by atoms with van der Waals surface area (Å²) >= 11 is 0. The van der Waals surface area contributed by atoms with Gasteiger partial charge < -0.3 is 24.6 Å². The van der Waals surface area contributed by atoms with Crippen LogP contribution in [0.1, 0.15) is 18.1 Å². The Kier molecular flexibility index (Phi) is 6.41. The normalized spacial score (nSPS) is 17.1. The second-order valence-electron chi connectivity index (χ2n) is 8.86. The maximum Gasteiger partial charge on any atom is 0.416 e. The Morgan fingerprint density at radius 3 is 2.62 bits per heavy atom. The predicted molar refractivity (Wildman–Crippen MR) is 134 cm³/mol. The summed E-state index contributed by atoms with van der Waals surface area (Å²) in [7, 11) is 1.59. The molecule has 1 N–H and O–H groups in total. The number of alkyl halides is 3. The molecule has 1 saturated heterocycles. The number of rotatable bonds is 2. The second-order valence-corrected chi connectivity index (χ2v) is 8.86. The number of urea groups is 1. The van der Waals surface area contributed by atoms with Crippen molar-refractivity contribution in [2.24, 2.45) is 4.99 Å². The number of para-hydroxylation sites is 2. The number of amides is 2. The molecule has 0 unspecified atom stereocenters. The third-order valence-corrected chi connectivity index (χ3v) is 6.37. The first kappa shape index (κ1) is 24.5. The molecule has 37 heavy (non-hydrogen) atoms. The van der Waals surface area contributed by atoms with E-state index in [0.717, 1.165) is 17.7 Å². The Balaban J connectivity index is 1.37. The molecule has 0 bridgehead atoms. The summed E-state index contributed by atoms with van der Waals surface area (Å²) in [5.41, 5.74) is 0.766. The van der Waals surface area contributed by atoms with Gasteiger partial charge in [-0.3, -0.25) is 0 Å². The topological polar surface area (TPSA) is 66.4 Å². The molecule has 7 nitrogen and oxygen atoms in total. The largest absolute Gasteiger partial charge is 0.497 e. The van der Waals surface area contributed by atoms with E-state index in [2.05, 4.69) is 10.2 Å². The Hall–Kier alpha value is -4.21. The van der Waals surface area contributed by atoms with Crippen LogP contribution < -0.4 is 14.8 Å². The van der Waals surface area contributed by atoms with E-state index in [4.69, 9.17) is 14.5 Å². The van der Waals surface area contributed by atoms with Gasteiger partial charge in [0.1, 0.15) is 23.0 Å². The summed E-state index contributed by atoms with van der Waals surface area (Å²) in [6, 6.07) is 17.0. The van der Waals surface area contributed by atoms with Crippen LogP contribution in [-0.2, 0) is 6.18 Å². The SMILES string of the molecule is COc1ccc2c(c1)Oc1ccccc1N=C2N1CCN(C(=O)Nc2cccc(C(F)(F)F)c2)[C@H](C)C1. The highest BCUT2D eigenvalue weighted by Gasteiger charge is 2.33. The lowest BCUT2D eigenvalue weighted by molar-refractivity contribution is -0.137. The maximum absolute atomic E-state index is 13.1. The molecule has 2 amide bonds. The van der Waals surface area contributed by atoms with Crippen molar-refractivity contribution in [1.29, 1.82) is 0 Å². The lowest BCUT2D eigenvalue weighted by Crippen LogP contribution is -2.56. The van der Waals surface area contributed by atoms with E-state index in [1.54, 1.807) is 12.0 Å². The number of hydrogen-bond donors (Lipinski definition) is 1. The quantitative estimate of drug-likeness (QED) is 0.450. The molecule has 0 aliphatic carbocycles. The zero-order valence-electron chi connectivity index (χ0n) is 20.2. The van der Waals surface area contributed by atoms with Crippen molar-refractivity contribution in [2.75, 3.05) is 32.1 Å². The highest BCUT2D eigenvalue weighted by atomic mass is 19.4. The third kappa shape index (κ3) is 5.04. The number of nitrogens with one attached hydrogen (secondary N) is 1. The fourth-order valence-corrected chi connectivity index (χ4v) is 4.49. The van der Waals surface area contributed by atoms with Gasteiger partial charge in [0, 0.05) is 37.4 Å². The molecule has 0 radical (unpaired) electrons. The zero-order valence-corrected chi connectivity index (χ0v) is 20.2. The number of amidine groups is 1. The number of piperazine rings is 1. The molecule has 3 aromatic carbocycles. The lowest BCUT2D eigenvalue weighted by Gasteiger charge is -2.41. The van der Waals surface area contributed by atoms with E-state index < -0.39 is 17.8 Å². The number of benzene rings is 3. The first-order chi connectivity index (χ1) is 17.7. The summed E-state index contributed by atoms with van der Waals surface area (Å²) in [5, 5.41) is 2.60. The number of ether oxygens (including phenoxy) is 2. The van der Waals surface area contributed by atoms with Crippen LogP contribution >= 0.6 is 0 Å². The number of fused-ring (bicyclic) bond motifs is 2. The van der Waals surface area contributed by atoms with Gasteiger partial charge in [0.15, 0.2) is 5.75 Å². The monoisotopic (exact) mass is 510 g/mol. The van der Waals surface area contributed by atoms with Gasteiger partial charge in [-0.15, -0.1) is 0 Å². The Labute approximate surface area is 212 Å². The van der Waals surface area contributed by atoms with E-state index in [1.165, 1.54) is 12.1 Å². The van der Waals surface area contributed by atoms with Crippen LogP contribution in [-0.4, -0.2) is 54.5 Å². The van der Waals surface area contributed by atoms with E-state index in [1.807, 2.05) is 49.4 Å². The van der Waals surface area contributed by atoms with Crippen molar-refractivity contribution in [3.05, 3.63) is 77.9 Å². The molecule has 0 spiro atoms. The molecule has 0 aromatic heterocycles. The molecule has 5 rings (SSSR count). The molecule has 2 aliphatic rings. The fourth-order valence-electron chi connectivity index (χ4n) is 4.49. The molecule has 10 heteroatoms. The van der Waals surface area contributed by atoms with Crippen LogP contribution in [0.3, 0.4) is 0 Å². The first-order valence-electron chi connectivity index (χ1n) is 11.8. The Morgan fingerprint density at radius 1 is 1.05 bits per heavy atom. The number of hydrogen-bond acceptors (Lipinski definition) is 5. The van der Waals surface area contributed by atoms with Crippen molar-refractivity contribution >= 4 is 23.2 Å². The van der Waals surface area contributed by atoms with E-state index in [-0.39, 0.29) is 11.7 Å². The van der Waals surface area contributed by atoms with Crippen molar-refractivity contribution in [3.8, 4) is 17.2 Å². The Morgan fingerprint density at radius 2 is 1.86 bits per heavy atom. The summed E-state index contributed by atoms with van der Waals surface area (Å²) in [5.74, 6) is 2.61. The van der Waals surface area contributed by atoms with Crippen LogP contribution in [0.25, 0.3) is 0 Å². The standard InChI is InChI=1S/C27H25F3N4O3/c1-17-16-33(12-13-34(17)26(35)31-19-7-5-6-18(14-19)27(28,29)30)25-21-11-10-20(36-2)15-24(21)37-23-9-4-3-8-22(23)32-25/h3-11,14-15,17H,12-13,16H2,1-2H3,(H,31,35)/t17-/m1/s1. The summed E-state index contributed by atoms with van der Waals surface area (Å²) in [6.07, 6.45) is -4.48. The van der Waals surface area contributed by atoms with Crippen LogP contribution in [0.15, 0.2) is 71.7 Å². The molecule has 1 fully saturated rings. The fraction of sp³-hybridized carbons (Fsp3) is 0.259. The van der Waals surface area contributed by atoms with E-state index in [0.29, 0.717) is 48.4 Å². The van der Waals surface area contributed by atoms with Crippen molar-refractivity contribution in [2.45, 2.75) is 19.1 Å². The summed E-state index contributed by atoms with van der Waals surface area (Å²) in [4.78, 5) is 21.6. The van der Waals surface area contributed by atoms with E-state index >= 15 is 0 Å². The molecular formula is C27H25F3N4O3. The van der Waals surface area contributed by atoms with Gasteiger partial charge in [-0.1, -0.05) is 18.2 Å². The van der Waals surface area contributed by atoms with Crippen LogP contribution in [0.4, 0.5) is 29.3 Å². The molecule has 0 saturated carbocycles. The van der Waals surface area contributed by atoms with Gasteiger partial charge in [0.25, 0.3) is 0 Å². The maximum atomic E-state index is 13.1. The first-order valence-corrected chi connectivity index (χ1v) is 11.8. The van der Waals surface area contributed by atoms with Gasteiger partial charge >= 0.3 is 12.2 Å². The molecular weight excluding hydrogens is 485 g/mol. The van der Waals surface area contributed by atoms with Gasteiger partial charge in [-0.2, -0.15) is 13.2 Å². The van der Waals surface area contributed by atoms with Gasteiger partial charge in [-0.25, -0.2) is 9.79 Å². The van der Waals surface area contributed by atoms with Gasteiger partial charge in [0.05, 0.1) is 18.2 Å². The van der Waals surface area contributed by atoms with Gasteiger partial charge in [0.2, 0.25) is 0 Å². The number of carbonyl (C=O) groups excluding carboxylic acids is 1. The van der Waals surface area contributed by atoms with Crippen molar-refractivity contribution in [1.82, 2.24) is 9.80 Å². The second kappa shape index (κ2) is 9.68. The minimum absolute atomic E-state index is 0.0965. The van der Waals surface area contributed by atoms with Gasteiger partial charge in [-0.05, 0) is 49.4 Å². The Bertz CT molecular complexity index is 1360. The zero-order chi connectivity index (χ0) is 26.2. The lowest BCUT2D eigenvalue weighted by atomic mass is 10.1. The van der Waals surface area contributed by atoms with Crippen molar-refractivity contribution in [3.63, 3.8) is 0 Å². The highest BCUT2D eigenvalue weighted by molar-refractivity contribution is 6.04. The van der Waals surface area contributed by atoms with Crippen molar-refractivity contribution < 1.29 is 27.4 Å². The number of methoxy groups -OCH3 is 1. The smallest absolute Gasteiger partial charge is 0.416 e. The minimum Gasteiger partial charge on any atom is -0.497 e. The summed E-state index contributed by atoms with van der Waals surface area (Å²) < 4.78 is 50.7. The average molecular weight is 511 g/mol.